The third-order valence-electron chi connectivity index (χ3n) is 4.64. The zero-order chi connectivity index (χ0) is 18.3. The van der Waals surface area contributed by atoms with E-state index >= 15 is 0 Å². The maximum Gasteiger partial charge on any atom is 0.296 e. The Kier molecular flexibility index (Phi) is 3.88. The minimum absolute atomic E-state index is 0.148. The average Bonchev–Trinajstić information content (AvgIpc) is 3.02. The number of hydrogen-bond acceptors (Lipinski definition) is 4. The zero-order valence-electron chi connectivity index (χ0n) is 14.9. The van der Waals surface area contributed by atoms with Crippen molar-refractivity contribution in [2.24, 2.45) is 0 Å². The van der Waals surface area contributed by atoms with Crippen LogP contribution in [0.5, 0.6) is 11.5 Å². The first-order valence-electron chi connectivity index (χ1n) is 8.40. The Labute approximate surface area is 150 Å². The molecule has 0 aliphatic heterocycles. The van der Waals surface area contributed by atoms with E-state index in [9.17, 15) is 4.79 Å². The summed E-state index contributed by atoms with van der Waals surface area (Å²) in [5.41, 5.74) is 2.18. The van der Waals surface area contributed by atoms with Crippen LogP contribution in [0, 0.1) is 0 Å². The van der Waals surface area contributed by atoms with Crippen molar-refractivity contribution in [2.75, 3.05) is 14.2 Å². The Bertz CT molecular complexity index is 1160. The smallest absolute Gasteiger partial charge is 0.296 e. The Morgan fingerprint density at radius 2 is 1.65 bits per heavy atom. The van der Waals surface area contributed by atoms with E-state index in [1.54, 1.807) is 20.4 Å². The van der Waals surface area contributed by atoms with Gasteiger partial charge < -0.3 is 14.0 Å². The van der Waals surface area contributed by atoms with E-state index in [1.807, 2.05) is 54.0 Å². The second kappa shape index (κ2) is 6.22. The molecule has 6 nitrogen and oxygen atoms in total. The Morgan fingerprint density at radius 3 is 2.31 bits per heavy atom. The summed E-state index contributed by atoms with van der Waals surface area (Å²) in [4.78, 5) is 13.2. The topological polar surface area (TPSA) is 58.3 Å². The number of hydrogen-bond donors (Lipinski definition) is 0. The SMILES string of the molecule is CCn1c2ccc(OC)cc2c2cnn(-c3ccc(OC)cc3)c(=O)c21. The Morgan fingerprint density at radius 1 is 0.962 bits per heavy atom. The van der Waals surface area contributed by atoms with Gasteiger partial charge in [0.05, 0.1) is 26.1 Å². The van der Waals surface area contributed by atoms with Crippen LogP contribution in [0.15, 0.2) is 53.5 Å². The lowest BCUT2D eigenvalue weighted by Crippen LogP contribution is -2.22. The largest absolute Gasteiger partial charge is 0.497 e. The molecule has 26 heavy (non-hydrogen) atoms. The molecule has 0 saturated heterocycles. The second-order valence-corrected chi connectivity index (χ2v) is 5.95. The van der Waals surface area contributed by atoms with Crippen LogP contribution in [-0.4, -0.2) is 28.6 Å². The molecular weight excluding hydrogens is 330 g/mol. The average molecular weight is 349 g/mol. The number of methoxy groups -OCH3 is 2. The van der Waals surface area contributed by atoms with E-state index in [0.29, 0.717) is 17.7 Å². The minimum Gasteiger partial charge on any atom is -0.497 e. The first kappa shape index (κ1) is 16.2. The van der Waals surface area contributed by atoms with E-state index < -0.39 is 0 Å². The predicted octanol–water partition coefficient (Wildman–Crippen LogP) is 3.38. The quantitative estimate of drug-likeness (QED) is 0.567. The van der Waals surface area contributed by atoms with Gasteiger partial charge in [0.25, 0.3) is 5.56 Å². The Hall–Kier alpha value is -3.28. The van der Waals surface area contributed by atoms with Crippen LogP contribution >= 0.6 is 0 Å². The highest BCUT2D eigenvalue weighted by molar-refractivity contribution is 6.07. The standard InChI is InChI=1S/C20H19N3O3/c1-4-22-18-10-9-15(26-3)11-16(18)17-12-21-23(20(24)19(17)22)13-5-7-14(25-2)8-6-13/h5-12H,4H2,1-3H3. The fraction of sp³-hybridized carbons (Fsp3) is 0.200. The summed E-state index contributed by atoms with van der Waals surface area (Å²) in [5.74, 6) is 1.49. The first-order valence-corrected chi connectivity index (χ1v) is 8.40. The van der Waals surface area contributed by atoms with Crippen molar-refractivity contribution >= 4 is 21.8 Å². The van der Waals surface area contributed by atoms with Crippen LogP contribution in [0.2, 0.25) is 0 Å². The molecule has 0 amide bonds. The van der Waals surface area contributed by atoms with Crippen LogP contribution in [0.1, 0.15) is 6.92 Å². The number of aromatic nitrogens is 3. The van der Waals surface area contributed by atoms with Crippen molar-refractivity contribution in [1.82, 2.24) is 14.3 Å². The van der Waals surface area contributed by atoms with E-state index in [4.69, 9.17) is 9.47 Å². The van der Waals surface area contributed by atoms with Crippen molar-refractivity contribution in [2.45, 2.75) is 13.5 Å². The van der Waals surface area contributed by atoms with Gasteiger partial charge >= 0.3 is 0 Å². The van der Waals surface area contributed by atoms with E-state index in [-0.39, 0.29) is 5.56 Å². The number of rotatable bonds is 4. The molecule has 2 heterocycles. The zero-order valence-corrected chi connectivity index (χ0v) is 14.9. The van der Waals surface area contributed by atoms with Crippen LogP contribution in [0.3, 0.4) is 0 Å². The summed E-state index contributed by atoms with van der Waals surface area (Å²) in [5, 5.41) is 6.19. The fourth-order valence-electron chi connectivity index (χ4n) is 3.35. The highest BCUT2D eigenvalue weighted by atomic mass is 16.5. The second-order valence-electron chi connectivity index (χ2n) is 5.95. The number of fused-ring (bicyclic) bond motifs is 3. The summed E-state index contributed by atoms with van der Waals surface area (Å²) in [6.45, 7) is 2.72. The normalized spacial score (nSPS) is 11.2. The van der Waals surface area contributed by atoms with Gasteiger partial charge in [0.1, 0.15) is 17.0 Å². The van der Waals surface area contributed by atoms with E-state index in [0.717, 1.165) is 27.8 Å². The van der Waals surface area contributed by atoms with Gasteiger partial charge in [0.2, 0.25) is 0 Å². The molecule has 0 N–H and O–H groups in total. The van der Waals surface area contributed by atoms with Gasteiger partial charge in [0, 0.05) is 22.8 Å². The molecule has 132 valence electrons. The molecule has 0 aliphatic rings. The molecule has 0 aliphatic carbocycles. The molecule has 2 aromatic carbocycles. The predicted molar refractivity (Wildman–Crippen MR) is 102 cm³/mol. The molecule has 0 radical (unpaired) electrons. The van der Waals surface area contributed by atoms with Gasteiger partial charge in [-0.15, -0.1) is 0 Å². The molecule has 0 fully saturated rings. The fourth-order valence-corrected chi connectivity index (χ4v) is 3.35. The van der Waals surface area contributed by atoms with Crippen LogP contribution in [0.4, 0.5) is 0 Å². The summed E-state index contributed by atoms with van der Waals surface area (Å²) in [7, 11) is 3.24. The number of ether oxygens (including phenoxy) is 2. The third-order valence-corrected chi connectivity index (χ3v) is 4.64. The molecule has 6 heteroatoms. The summed E-state index contributed by atoms with van der Waals surface area (Å²) in [6.07, 6.45) is 1.74. The maximum absolute atomic E-state index is 13.2. The molecule has 4 rings (SSSR count). The molecule has 0 saturated carbocycles. The molecule has 4 aromatic rings. The lowest BCUT2D eigenvalue weighted by molar-refractivity contribution is 0.414. The number of benzene rings is 2. The molecule has 0 spiro atoms. The van der Waals surface area contributed by atoms with Crippen LogP contribution in [-0.2, 0) is 6.54 Å². The molecule has 0 atom stereocenters. The first-order chi connectivity index (χ1) is 12.7. The number of aryl methyl sites for hydroxylation is 1. The van der Waals surface area contributed by atoms with Crippen molar-refractivity contribution in [3.63, 3.8) is 0 Å². The summed E-state index contributed by atoms with van der Waals surface area (Å²) < 4.78 is 14.0. The minimum atomic E-state index is -0.148. The van der Waals surface area contributed by atoms with Crippen molar-refractivity contribution in [3.8, 4) is 17.2 Å². The van der Waals surface area contributed by atoms with Crippen LogP contribution in [0.25, 0.3) is 27.5 Å². The Balaban J connectivity index is 2.02. The van der Waals surface area contributed by atoms with Crippen molar-refractivity contribution in [1.29, 1.82) is 0 Å². The van der Waals surface area contributed by atoms with E-state index in [1.165, 1.54) is 4.68 Å². The lowest BCUT2D eigenvalue weighted by atomic mass is 10.2. The summed E-state index contributed by atoms with van der Waals surface area (Å²) in [6, 6.07) is 13.1. The van der Waals surface area contributed by atoms with Crippen LogP contribution < -0.4 is 15.0 Å². The van der Waals surface area contributed by atoms with Gasteiger partial charge in [-0.05, 0) is 49.4 Å². The van der Waals surface area contributed by atoms with Crippen molar-refractivity contribution in [3.05, 3.63) is 59.0 Å². The molecule has 2 aromatic heterocycles. The highest BCUT2D eigenvalue weighted by Gasteiger charge is 2.16. The van der Waals surface area contributed by atoms with Gasteiger partial charge in [-0.2, -0.15) is 9.78 Å². The van der Waals surface area contributed by atoms with Crippen molar-refractivity contribution < 1.29 is 9.47 Å². The van der Waals surface area contributed by atoms with E-state index in [2.05, 4.69) is 5.10 Å². The summed E-state index contributed by atoms with van der Waals surface area (Å²) >= 11 is 0. The molecular formula is C20H19N3O3. The third kappa shape index (κ3) is 2.34. The van der Waals surface area contributed by atoms with Gasteiger partial charge in [-0.25, -0.2) is 0 Å². The monoisotopic (exact) mass is 349 g/mol. The van der Waals surface area contributed by atoms with Gasteiger partial charge in [0.15, 0.2) is 0 Å². The maximum atomic E-state index is 13.2. The van der Waals surface area contributed by atoms with Gasteiger partial charge in [-0.3, -0.25) is 4.79 Å². The van der Waals surface area contributed by atoms with Gasteiger partial charge in [-0.1, -0.05) is 0 Å². The molecule has 0 bridgehead atoms. The lowest BCUT2D eigenvalue weighted by Gasteiger charge is -2.07. The molecule has 0 unspecified atom stereocenters. The highest BCUT2D eigenvalue weighted by Crippen LogP contribution is 2.30. The number of nitrogens with zero attached hydrogens (tertiary/aromatic N) is 3.